The number of hydrogen-bond acceptors (Lipinski definition) is 4. The molecule has 1 aromatic carbocycles. The zero-order valence-electron chi connectivity index (χ0n) is 11.9. The van der Waals surface area contributed by atoms with Crippen LogP contribution in [0.1, 0.15) is 26.7 Å². The van der Waals surface area contributed by atoms with Crippen LogP contribution in [0.15, 0.2) is 39.8 Å². The number of nitrogens with one attached hydrogen (secondary N) is 1. The van der Waals surface area contributed by atoms with E-state index in [0.717, 1.165) is 17.2 Å². The van der Waals surface area contributed by atoms with Gasteiger partial charge >= 0.3 is 0 Å². The molecular weight excluding hydrogens is 256 g/mol. The Morgan fingerprint density at radius 2 is 1.89 bits per heavy atom. The fourth-order valence-electron chi connectivity index (χ4n) is 1.62. The monoisotopic (exact) mass is 276 g/mol. The maximum absolute atomic E-state index is 5.76. The molecular formula is C15H20N2OS. The van der Waals surface area contributed by atoms with Crippen LogP contribution in [0.25, 0.3) is 11.3 Å². The Kier molecular flexibility index (Phi) is 4.32. The summed E-state index contributed by atoms with van der Waals surface area (Å²) >= 11 is 1.73. The van der Waals surface area contributed by atoms with Gasteiger partial charge in [-0.05, 0) is 39.2 Å². The van der Waals surface area contributed by atoms with E-state index in [4.69, 9.17) is 4.42 Å². The molecule has 1 heterocycles. The molecule has 1 aromatic heterocycles. The summed E-state index contributed by atoms with van der Waals surface area (Å²) in [6.07, 6.45) is 3.85. The lowest BCUT2D eigenvalue weighted by Gasteiger charge is -2.18. The highest BCUT2D eigenvalue weighted by molar-refractivity contribution is 7.98. The van der Waals surface area contributed by atoms with Crippen molar-refractivity contribution >= 4 is 11.8 Å². The van der Waals surface area contributed by atoms with E-state index in [-0.39, 0.29) is 5.54 Å². The van der Waals surface area contributed by atoms with Gasteiger partial charge in [0.05, 0.1) is 12.7 Å². The largest absolute Gasteiger partial charge is 0.439 e. The molecule has 19 heavy (non-hydrogen) atoms. The summed E-state index contributed by atoms with van der Waals surface area (Å²) in [4.78, 5) is 5.55. The van der Waals surface area contributed by atoms with Crippen LogP contribution >= 0.6 is 11.8 Å². The quantitative estimate of drug-likeness (QED) is 0.858. The first-order chi connectivity index (χ1) is 8.98. The topological polar surface area (TPSA) is 38.1 Å². The molecule has 0 radical (unpaired) electrons. The molecule has 0 aliphatic rings. The number of oxazole rings is 1. The van der Waals surface area contributed by atoms with Gasteiger partial charge in [-0.15, -0.1) is 11.8 Å². The highest BCUT2D eigenvalue weighted by atomic mass is 32.2. The average molecular weight is 276 g/mol. The molecule has 0 atom stereocenters. The van der Waals surface area contributed by atoms with Crippen molar-refractivity contribution < 1.29 is 4.42 Å². The third-order valence-electron chi connectivity index (χ3n) is 2.70. The molecule has 4 heteroatoms. The maximum Gasteiger partial charge on any atom is 0.208 e. The van der Waals surface area contributed by atoms with Crippen LogP contribution < -0.4 is 5.32 Å². The molecule has 0 amide bonds. The maximum atomic E-state index is 5.76. The average Bonchev–Trinajstić information content (AvgIpc) is 2.84. The molecule has 0 saturated heterocycles. The van der Waals surface area contributed by atoms with E-state index in [1.54, 1.807) is 18.0 Å². The Balaban J connectivity index is 2.07. The number of benzene rings is 1. The summed E-state index contributed by atoms with van der Waals surface area (Å²) in [6, 6.07) is 8.31. The van der Waals surface area contributed by atoms with Crippen LogP contribution in [0.4, 0.5) is 0 Å². The van der Waals surface area contributed by atoms with Gasteiger partial charge in [0.1, 0.15) is 0 Å². The first-order valence-corrected chi connectivity index (χ1v) is 7.54. The second-order valence-corrected chi connectivity index (χ2v) is 6.33. The molecule has 0 bridgehead atoms. The molecule has 2 aromatic rings. The third-order valence-corrected chi connectivity index (χ3v) is 3.44. The van der Waals surface area contributed by atoms with Gasteiger partial charge in [0.2, 0.25) is 5.89 Å². The number of thioether (sulfide) groups is 1. The number of nitrogens with zero attached hydrogens (tertiary/aromatic N) is 1. The minimum atomic E-state index is 0.0641. The van der Waals surface area contributed by atoms with Gasteiger partial charge < -0.3 is 9.73 Å². The normalized spacial score (nSPS) is 11.8. The number of hydrogen-bond donors (Lipinski definition) is 1. The van der Waals surface area contributed by atoms with Gasteiger partial charge in [-0.3, -0.25) is 0 Å². The minimum Gasteiger partial charge on any atom is -0.439 e. The summed E-state index contributed by atoms with van der Waals surface area (Å²) in [7, 11) is 0. The van der Waals surface area contributed by atoms with Crippen LogP contribution in [-0.2, 0) is 6.54 Å². The van der Waals surface area contributed by atoms with Crippen LogP contribution in [-0.4, -0.2) is 16.8 Å². The van der Waals surface area contributed by atoms with E-state index in [1.165, 1.54) is 4.90 Å². The van der Waals surface area contributed by atoms with Gasteiger partial charge in [-0.1, -0.05) is 12.1 Å². The fourth-order valence-corrected chi connectivity index (χ4v) is 2.03. The van der Waals surface area contributed by atoms with Gasteiger partial charge in [-0.2, -0.15) is 0 Å². The standard InChI is InChI=1S/C15H20N2OS/c1-15(2,3)17-10-14-16-9-13(18-14)11-5-7-12(19-4)8-6-11/h5-9,17H,10H2,1-4H3. The van der Waals surface area contributed by atoms with Gasteiger partial charge in [0, 0.05) is 16.0 Å². The van der Waals surface area contributed by atoms with Crippen molar-refractivity contribution in [1.82, 2.24) is 10.3 Å². The zero-order chi connectivity index (χ0) is 13.9. The third kappa shape index (κ3) is 4.11. The SMILES string of the molecule is CSc1ccc(-c2cnc(CNC(C)(C)C)o2)cc1. The predicted octanol–water partition coefficient (Wildman–Crippen LogP) is 3.95. The summed E-state index contributed by atoms with van der Waals surface area (Å²) in [5.41, 5.74) is 1.13. The van der Waals surface area contributed by atoms with Gasteiger partial charge in [-0.25, -0.2) is 4.98 Å². The lowest BCUT2D eigenvalue weighted by Crippen LogP contribution is -2.35. The summed E-state index contributed by atoms with van der Waals surface area (Å²) in [6.45, 7) is 7.01. The van der Waals surface area contributed by atoms with Crippen LogP contribution in [0.2, 0.25) is 0 Å². The minimum absolute atomic E-state index is 0.0641. The van der Waals surface area contributed by atoms with Gasteiger partial charge in [0.15, 0.2) is 5.76 Å². The van der Waals surface area contributed by atoms with Crippen molar-refractivity contribution in [3.05, 3.63) is 36.4 Å². The molecule has 102 valence electrons. The molecule has 3 nitrogen and oxygen atoms in total. The Bertz CT molecular complexity index is 526. The van der Waals surface area contributed by atoms with E-state index in [1.807, 2.05) is 0 Å². The molecule has 0 fully saturated rings. The highest BCUT2D eigenvalue weighted by Gasteiger charge is 2.11. The first kappa shape index (κ1) is 14.2. The van der Waals surface area contributed by atoms with E-state index in [0.29, 0.717) is 6.54 Å². The summed E-state index contributed by atoms with van der Waals surface area (Å²) in [5, 5.41) is 3.36. The first-order valence-electron chi connectivity index (χ1n) is 6.32. The summed E-state index contributed by atoms with van der Waals surface area (Å²) < 4.78 is 5.76. The molecule has 0 aliphatic carbocycles. The highest BCUT2D eigenvalue weighted by Crippen LogP contribution is 2.23. The Labute approximate surface area is 118 Å². The fraction of sp³-hybridized carbons (Fsp3) is 0.400. The zero-order valence-corrected chi connectivity index (χ0v) is 12.7. The van der Waals surface area contributed by atoms with Crippen molar-refractivity contribution in [2.45, 2.75) is 37.8 Å². The predicted molar refractivity (Wildman–Crippen MR) is 80.3 cm³/mol. The van der Waals surface area contributed by atoms with E-state index in [9.17, 15) is 0 Å². The second-order valence-electron chi connectivity index (χ2n) is 5.45. The van der Waals surface area contributed by atoms with E-state index < -0.39 is 0 Å². The Morgan fingerprint density at radius 3 is 2.47 bits per heavy atom. The van der Waals surface area contributed by atoms with Crippen LogP contribution in [0.5, 0.6) is 0 Å². The lowest BCUT2D eigenvalue weighted by atomic mass is 10.1. The number of rotatable bonds is 4. The number of aromatic nitrogens is 1. The summed E-state index contributed by atoms with van der Waals surface area (Å²) in [5.74, 6) is 1.54. The van der Waals surface area contributed by atoms with Crippen LogP contribution in [0.3, 0.4) is 0 Å². The molecule has 1 N–H and O–H groups in total. The van der Waals surface area contributed by atoms with Crippen molar-refractivity contribution in [3.63, 3.8) is 0 Å². The lowest BCUT2D eigenvalue weighted by molar-refractivity contribution is 0.383. The van der Waals surface area contributed by atoms with Crippen molar-refractivity contribution in [1.29, 1.82) is 0 Å². The molecule has 2 rings (SSSR count). The van der Waals surface area contributed by atoms with Crippen molar-refractivity contribution in [3.8, 4) is 11.3 Å². The molecule has 0 saturated carbocycles. The smallest absolute Gasteiger partial charge is 0.208 e. The Morgan fingerprint density at radius 1 is 1.21 bits per heavy atom. The molecule has 0 aliphatic heterocycles. The van der Waals surface area contributed by atoms with Crippen molar-refractivity contribution in [2.24, 2.45) is 0 Å². The molecule has 0 spiro atoms. The van der Waals surface area contributed by atoms with E-state index >= 15 is 0 Å². The van der Waals surface area contributed by atoms with Crippen molar-refractivity contribution in [2.75, 3.05) is 6.26 Å². The van der Waals surface area contributed by atoms with Gasteiger partial charge in [0.25, 0.3) is 0 Å². The van der Waals surface area contributed by atoms with E-state index in [2.05, 4.69) is 61.6 Å². The second kappa shape index (κ2) is 5.80. The Hall–Kier alpha value is -1.26. The van der Waals surface area contributed by atoms with Crippen LogP contribution in [0, 0.1) is 0 Å². The molecule has 0 unspecified atom stereocenters.